The molecule has 0 saturated heterocycles. The van der Waals surface area contributed by atoms with E-state index in [2.05, 4.69) is 5.32 Å². The van der Waals surface area contributed by atoms with Gasteiger partial charge in [0.2, 0.25) is 0 Å². The lowest BCUT2D eigenvalue weighted by atomic mass is 9.99. The van der Waals surface area contributed by atoms with Crippen LogP contribution in [0.25, 0.3) is 0 Å². The van der Waals surface area contributed by atoms with Gasteiger partial charge in [0.1, 0.15) is 11.5 Å². The number of carbonyl (C=O) groups excluding carboxylic acids is 2. The Balaban J connectivity index is 1.39. The third-order valence-corrected chi connectivity index (χ3v) is 5.38. The summed E-state index contributed by atoms with van der Waals surface area (Å²) in [5.41, 5.74) is 2.52. The first-order chi connectivity index (χ1) is 13.6. The zero-order chi connectivity index (χ0) is 19.5. The lowest BCUT2D eigenvalue weighted by Crippen LogP contribution is -2.42. The number of carbonyl (C=O) groups is 2. The molecule has 0 bridgehead atoms. The van der Waals surface area contributed by atoms with Crippen LogP contribution < -0.4 is 10.1 Å². The zero-order valence-electron chi connectivity index (χ0n) is 15.7. The van der Waals surface area contributed by atoms with Gasteiger partial charge in [-0.2, -0.15) is 0 Å². The predicted octanol–water partition coefficient (Wildman–Crippen LogP) is 3.24. The molecule has 2 aromatic rings. The van der Waals surface area contributed by atoms with E-state index in [4.69, 9.17) is 4.74 Å². The SMILES string of the molecule is O=C(Nc1cccc(OC2CCCC2)c1)C(=O)N1CCc2ccc(O)cc2C1. The van der Waals surface area contributed by atoms with Gasteiger partial charge in [0.25, 0.3) is 0 Å². The fourth-order valence-corrected chi connectivity index (χ4v) is 3.89. The summed E-state index contributed by atoms with van der Waals surface area (Å²) in [6.07, 6.45) is 5.39. The average Bonchev–Trinajstić information content (AvgIpc) is 3.20. The van der Waals surface area contributed by atoms with Gasteiger partial charge in [0.05, 0.1) is 6.10 Å². The first-order valence-corrected chi connectivity index (χ1v) is 9.76. The van der Waals surface area contributed by atoms with Crippen LogP contribution in [0.15, 0.2) is 42.5 Å². The number of benzene rings is 2. The lowest BCUT2D eigenvalue weighted by molar-refractivity contribution is -0.143. The molecule has 0 radical (unpaired) electrons. The van der Waals surface area contributed by atoms with Gasteiger partial charge in [-0.3, -0.25) is 9.59 Å². The van der Waals surface area contributed by atoms with Gasteiger partial charge in [-0.15, -0.1) is 0 Å². The second kappa shape index (κ2) is 7.92. The maximum atomic E-state index is 12.6. The van der Waals surface area contributed by atoms with Gasteiger partial charge in [-0.05, 0) is 67.5 Å². The Morgan fingerprint density at radius 1 is 1.07 bits per heavy atom. The summed E-state index contributed by atoms with van der Waals surface area (Å²) in [6, 6.07) is 12.3. The van der Waals surface area contributed by atoms with Crippen molar-refractivity contribution in [3.05, 3.63) is 53.6 Å². The Hall–Kier alpha value is -3.02. The van der Waals surface area contributed by atoms with E-state index >= 15 is 0 Å². The fraction of sp³-hybridized carbons (Fsp3) is 0.364. The van der Waals surface area contributed by atoms with Crippen LogP contribution in [-0.4, -0.2) is 34.5 Å². The number of rotatable bonds is 3. The first kappa shape index (κ1) is 18.3. The number of anilines is 1. The maximum Gasteiger partial charge on any atom is 0.313 e. The quantitative estimate of drug-likeness (QED) is 0.802. The van der Waals surface area contributed by atoms with Gasteiger partial charge in [0, 0.05) is 24.8 Å². The number of nitrogens with one attached hydrogen (secondary N) is 1. The molecule has 0 aromatic heterocycles. The van der Waals surface area contributed by atoms with Crippen LogP contribution in [0, 0.1) is 0 Å². The van der Waals surface area contributed by atoms with Crippen LogP contribution in [0.4, 0.5) is 5.69 Å². The summed E-state index contributed by atoms with van der Waals surface area (Å²) >= 11 is 0. The second-order valence-electron chi connectivity index (χ2n) is 7.44. The normalized spacial score (nSPS) is 16.5. The molecule has 6 heteroatoms. The number of hydrogen-bond acceptors (Lipinski definition) is 4. The molecule has 2 aliphatic rings. The molecule has 0 unspecified atom stereocenters. The molecule has 146 valence electrons. The van der Waals surface area contributed by atoms with E-state index in [-0.39, 0.29) is 11.9 Å². The molecule has 2 N–H and O–H groups in total. The molecular formula is C22H24N2O4. The molecule has 1 aliphatic carbocycles. The monoisotopic (exact) mass is 380 g/mol. The van der Waals surface area contributed by atoms with Crippen LogP contribution in [-0.2, 0) is 22.6 Å². The molecule has 28 heavy (non-hydrogen) atoms. The molecule has 1 fully saturated rings. The number of hydrogen-bond donors (Lipinski definition) is 2. The van der Waals surface area contributed by atoms with Crippen molar-refractivity contribution in [1.29, 1.82) is 0 Å². The van der Waals surface area contributed by atoms with Crippen molar-refractivity contribution in [3.63, 3.8) is 0 Å². The molecule has 4 rings (SSSR count). The minimum Gasteiger partial charge on any atom is -0.508 e. The second-order valence-corrected chi connectivity index (χ2v) is 7.44. The smallest absolute Gasteiger partial charge is 0.313 e. The van der Waals surface area contributed by atoms with E-state index in [1.807, 2.05) is 18.2 Å². The summed E-state index contributed by atoms with van der Waals surface area (Å²) in [7, 11) is 0. The third kappa shape index (κ3) is 4.11. The highest BCUT2D eigenvalue weighted by molar-refractivity contribution is 6.39. The first-order valence-electron chi connectivity index (χ1n) is 9.76. The van der Waals surface area contributed by atoms with Crippen LogP contribution in [0.3, 0.4) is 0 Å². The fourth-order valence-electron chi connectivity index (χ4n) is 3.89. The van der Waals surface area contributed by atoms with E-state index in [0.717, 1.165) is 24.0 Å². The van der Waals surface area contributed by atoms with Crippen molar-refractivity contribution >= 4 is 17.5 Å². The third-order valence-electron chi connectivity index (χ3n) is 5.38. The highest BCUT2D eigenvalue weighted by atomic mass is 16.5. The lowest BCUT2D eigenvalue weighted by Gasteiger charge is -2.28. The molecule has 2 aromatic carbocycles. The largest absolute Gasteiger partial charge is 0.508 e. The summed E-state index contributed by atoms with van der Waals surface area (Å²) in [4.78, 5) is 26.5. The number of phenols is 1. The van der Waals surface area contributed by atoms with Gasteiger partial charge in [-0.25, -0.2) is 0 Å². The van der Waals surface area contributed by atoms with Gasteiger partial charge in [0.15, 0.2) is 0 Å². The standard InChI is InChI=1S/C22H24N2O4/c25-18-9-8-15-10-11-24(14-16(15)12-18)22(27)21(26)23-17-4-3-7-20(13-17)28-19-5-1-2-6-19/h3-4,7-9,12-13,19,25H,1-2,5-6,10-11,14H2,(H,23,26). The van der Waals surface area contributed by atoms with Crippen LogP contribution in [0.1, 0.15) is 36.8 Å². The maximum absolute atomic E-state index is 12.6. The van der Waals surface area contributed by atoms with Crippen molar-refractivity contribution in [1.82, 2.24) is 4.90 Å². The summed E-state index contributed by atoms with van der Waals surface area (Å²) in [5, 5.41) is 12.3. The number of nitrogens with zero attached hydrogens (tertiary/aromatic N) is 1. The van der Waals surface area contributed by atoms with E-state index < -0.39 is 11.8 Å². The number of ether oxygens (including phenoxy) is 1. The van der Waals surface area contributed by atoms with Gasteiger partial charge >= 0.3 is 11.8 Å². The number of aromatic hydroxyl groups is 1. The molecule has 1 heterocycles. The Kier molecular flexibility index (Phi) is 5.19. The van der Waals surface area contributed by atoms with Crippen LogP contribution in [0.2, 0.25) is 0 Å². The molecule has 0 atom stereocenters. The molecule has 1 saturated carbocycles. The van der Waals surface area contributed by atoms with Crippen molar-refractivity contribution in [2.24, 2.45) is 0 Å². The predicted molar refractivity (Wildman–Crippen MR) is 105 cm³/mol. The Bertz CT molecular complexity index is 890. The van der Waals surface area contributed by atoms with Crippen molar-refractivity contribution in [2.45, 2.75) is 44.8 Å². The van der Waals surface area contributed by atoms with E-state index in [1.165, 1.54) is 17.7 Å². The summed E-state index contributed by atoms with van der Waals surface area (Å²) < 4.78 is 5.95. The molecule has 6 nitrogen and oxygen atoms in total. The van der Waals surface area contributed by atoms with Crippen molar-refractivity contribution in [3.8, 4) is 11.5 Å². The number of phenolic OH excluding ortho intramolecular Hbond substituents is 1. The van der Waals surface area contributed by atoms with Crippen LogP contribution >= 0.6 is 0 Å². The highest BCUT2D eigenvalue weighted by Crippen LogP contribution is 2.26. The van der Waals surface area contributed by atoms with Crippen molar-refractivity contribution < 1.29 is 19.4 Å². The van der Waals surface area contributed by atoms with E-state index in [9.17, 15) is 14.7 Å². The summed E-state index contributed by atoms with van der Waals surface area (Å²) in [6.45, 7) is 0.801. The topological polar surface area (TPSA) is 78.9 Å². The van der Waals surface area contributed by atoms with Gasteiger partial charge in [-0.1, -0.05) is 12.1 Å². The molecule has 1 aliphatic heterocycles. The molecule has 2 amide bonds. The van der Waals surface area contributed by atoms with Gasteiger partial charge < -0.3 is 20.1 Å². The number of amides is 2. The zero-order valence-corrected chi connectivity index (χ0v) is 15.7. The minimum absolute atomic E-state index is 0.163. The van der Waals surface area contributed by atoms with Crippen LogP contribution in [0.5, 0.6) is 11.5 Å². The van der Waals surface area contributed by atoms with E-state index in [1.54, 1.807) is 24.3 Å². The average molecular weight is 380 g/mol. The Morgan fingerprint density at radius 3 is 2.71 bits per heavy atom. The molecular weight excluding hydrogens is 356 g/mol. The Morgan fingerprint density at radius 2 is 1.89 bits per heavy atom. The number of fused-ring (bicyclic) bond motifs is 1. The highest BCUT2D eigenvalue weighted by Gasteiger charge is 2.26. The van der Waals surface area contributed by atoms with E-state index in [0.29, 0.717) is 30.9 Å². The molecule has 0 spiro atoms. The minimum atomic E-state index is -0.665. The summed E-state index contributed by atoms with van der Waals surface area (Å²) in [5.74, 6) is -0.367. The Labute approximate surface area is 164 Å². The van der Waals surface area contributed by atoms with Crippen molar-refractivity contribution in [2.75, 3.05) is 11.9 Å².